The second-order valence-electron chi connectivity index (χ2n) is 8.11. The molecule has 2 N–H and O–H groups in total. The number of aryl methyl sites for hydroxylation is 2. The minimum absolute atomic E-state index is 0.191. The maximum absolute atomic E-state index is 13.2. The SMILES string of the molecule is Cc1cnc(Nc2cccn2C)nc1-c1cc2n(c1)C(=O)N([C@H](CO)c1cccc(Cl)c1)C2. The van der Waals surface area contributed by atoms with Crippen LogP contribution in [0, 0.1) is 6.92 Å². The highest BCUT2D eigenvalue weighted by molar-refractivity contribution is 6.30. The van der Waals surface area contributed by atoms with Crippen LogP contribution in [0.3, 0.4) is 0 Å². The summed E-state index contributed by atoms with van der Waals surface area (Å²) in [5.41, 5.74) is 4.15. The van der Waals surface area contributed by atoms with E-state index < -0.39 is 6.04 Å². The number of aliphatic hydroxyl groups is 1. The van der Waals surface area contributed by atoms with Gasteiger partial charge in [-0.3, -0.25) is 4.57 Å². The fourth-order valence-corrected chi connectivity index (χ4v) is 4.36. The van der Waals surface area contributed by atoms with Gasteiger partial charge in [0.2, 0.25) is 5.95 Å². The number of fused-ring (bicyclic) bond motifs is 1. The van der Waals surface area contributed by atoms with Crippen LogP contribution >= 0.6 is 11.6 Å². The van der Waals surface area contributed by atoms with Crippen molar-refractivity contribution in [3.05, 3.63) is 82.9 Å². The Kier molecular flexibility index (Phi) is 5.39. The highest BCUT2D eigenvalue weighted by Gasteiger charge is 2.34. The molecule has 0 saturated carbocycles. The van der Waals surface area contributed by atoms with Crippen molar-refractivity contribution in [2.75, 3.05) is 11.9 Å². The van der Waals surface area contributed by atoms with E-state index in [1.165, 1.54) is 0 Å². The van der Waals surface area contributed by atoms with Gasteiger partial charge in [-0.2, -0.15) is 0 Å². The van der Waals surface area contributed by atoms with Crippen LogP contribution in [0.1, 0.15) is 22.9 Å². The number of hydrogen-bond donors (Lipinski definition) is 2. The van der Waals surface area contributed by atoms with Gasteiger partial charge in [0.1, 0.15) is 5.82 Å². The predicted molar refractivity (Wildman–Crippen MR) is 127 cm³/mol. The molecule has 8 nitrogen and oxygen atoms in total. The monoisotopic (exact) mass is 462 g/mol. The lowest BCUT2D eigenvalue weighted by Gasteiger charge is -2.26. The van der Waals surface area contributed by atoms with Crippen LogP contribution < -0.4 is 5.32 Å². The lowest BCUT2D eigenvalue weighted by atomic mass is 10.1. The Hall–Kier alpha value is -3.62. The average molecular weight is 463 g/mol. The third-order valence-corrected chi connectivity index (χ3v) is 6.13. The second-order valence-corrected chi connectivity index (χ2v) is 8.54. The topological polar surface area (TPSA) is 88.2 Å². The fourth-order valence-electron chi connectivity index (χ4n) is 4.16. The summed E-state index contributed by atoms with van der Waals surface area (Å²) < 4.78 is 3.56. The number of halogens is 1. The summed E-state index contributed by atoms with van der Waals surface area (Å²) in [5, 5.41) is 13.8. The molecule has 1 aromatic carbocycles. The Bertz CT molecular complexity index is 1340. The van der Waals surface area contributed by atoms with Crippen molar-refractivity contribution in [2.24, 2.45) is 7.05 Å². The second kappa shape index (κ2) is 8.38. The highest BCUT2D eigenvalue weighted by atomic mass is 35.5. The molecule has 3 aromatic heterocycles. The molecule has 1 amide bonds. The minimum atomic E-state index is -0.471. The van der Waals surface area contributed by atoms with Gasteiger partial charge < -0.3 is 19.9 Å². The van der Waals surface area contributed by atoms with Gasteiger partial charge in [-0.1, -0.05) is 23.7 Å². The zero-order valence-electron chi connectivity index (χ0n) is 18.2. The molecule has 0 radical (unpaired) electrons. The number of nitrogens with zero attached hydrogens (tertiary/aromatic N) is 5. The van der Waals surface area contributed by atoms with E-state index in [0.29, 0.717) is 17.5 Å². The maximum atomic E-state index is 13.2. The molecule has 33 heavy (non-hydrogen) atoms. The van der Waals surface area contributed by atoms with E-state index in [2.05, 4.69) is 10.3 Å². The normalized spacial score (nSPS) is 13.9. The highest BCUT2D eigenvalue weighted by Crippen LogP contribution is 2.33. The van der Waals surface area contributed by atoms with Gasteiger partial charge in [-0.05, 0) is 48.4 Å². The molecule has 4 aromatic rings. The van der Waals surface area contributed by atoms with E-state index in [1.807, 2.05) is 55.1 Å². The van der Waals surface area contributed by atoms with Crippen LogP contribution in [0.4, 0.5) is 16.6 Å². The number of carbonyl (C=O) groups is 1. The molecule has 9 heteroatoms. The summed E-state index contributed by atoms with van der Waals surface area (Å²) in [5.74, 6) is 1.36. The van der Waals surface area contributed by atoms with Gasteiger partial charge in [-0.15, -0.1) is 0 Å². The van der Waals surface area contributed by atoms with Crippen molar-refractivity contribution < 1.29 is 9.90 Å². The van der Waals surface area contributed by atoms with Gasteiger partial charge in [-0.25, -0.2) is 14.8 Å². The van der Waals surface area contributed by atoms with E-state index in [0.717, 1.165) is 33.9 Å². The van der Waals surface area contributed by atoms with Gasteiger partial charge in [0.15, 0.2) is 0 Å². The number of anilines is 2. The minimum Gasteiger partial charge on any atom is -0.394 e. The number of aromatic nitrogens is 4. The Labute approximate surface area is 196 Å². The number of hydrogen-bond acceptors (Lipinski definition) is 5. The van der Waals surface area contributed by atoms with Crippen molar-refractivity contribution in [2.45, 2.75) is 19.5 Å². The van der Waals surface area contributed by atoms with E-state index in [-0.39, 0.29) is 12.6 Å². The zero-order valence-corrected chi connectivity index (χ0v) is 19.0. The first-order valence-corrected chi connectivity index (χ1v) is 10.9. The molecule has 0 unspecified atom stereocenters. The van der Waals surface area contributed by atoms with Crippen LogP contribution in [0.5, 0.6) is 0 Å². The molecule has 1 aliphatic rings. The molecule has 4 heterocycles. The van der Waals surface area contributed by atoms with E-state index in [9.17, 15) is 9.90 Å². The third kappa shape index (κ3) is 3.88. The third-order valence-electron chi connectivity index (χ3n) is 5.90. The average Bonchev–Trinajstić information content (AvgIpc) is 3.47. The number of nitrogens with one attached hydrogen (secondary N) is 1. The molecule has 5 rings (SSSR count). The molecule has 0 bridgehead atoms. The van der Waals surface area contributed by atoms with E-state index in [4.69, 9.17) is 16.6 Å². The van der Waals surface area contributed by atoms with Crippen LogP contribution in [-0.2, 0) is 13.6 Å². The summed E-state index contributed by atoms with van der Waals surface area (Å²) in [7, 11) is 1.94. The predicted octanol–water partition coefficient (Wildman–Crippen LogP) is 4.51. The van der Waals surface area contributed by atoms with Crippen molar-refractivity contribution in [1.82, 2.24) is 24.0 Å². The lowest BCUT2D eigenvalue weighted by molar-refractivity contribution is 0.141. The van der Waals surface area contributed by atoms with Crippen molar-refractivity contribution in [3.63, 3.8) is 0 Å². The van der Waals surface area contributed by atoms with Gasteiger partial charge in [0.25, 0.3) is 0 Å². The molecule has 0 saturated heterocycles. The van der Waals surface area contributed by atoms with Gasteiger partial charge in [0, 0.05) is 41.9 Å². The lowest BCUT2D eigenvalue weighted by Crippen LogP contribution is -2.32. The molecular weight excluding hydrogens is 440 g/mol. The summed E-state index contributed by atoms with van der Waals surface area (Å²) >= 11 is 6.12. The largest absolute Gasteiger partial charge is 0.394 e. The Balaban J connectivity index is 1.42. The molecule has 0 fully saturated rings. The van der Waals surface area contributed by atoms with E-state index >= 15 is 0 Å². The quantitative estimate of drug-likeness (QED) is 0.440. The summed E-state index contributed by atoms with van der Waals surface area (Å²) in [6, 6.07) is 12.4. The standard InChI is InChI=1S/C24H23ClN6O2/c1-15-11-26-23(27-21-7-4-8-29(21)2)28-22(15)17-10-19-13-31(24(33)30(19)12-17)20(14-32)16-5-3-6-18(25)9-16/h3-12,20,32H,13-14H2,1-2H3,(H,26,27,28)/t20-/m1/s1. The first-order valence-electron chi connectivity index (χ1n) is 10.6. The Morgan fingerprint density at radius 2 is 2.09 bits per heavy atom. The number of amides is 1. The molecule has 0 spiro atoms. The Morgan fingerprint density at radius 1 is 1.24 bits per heavy atom. The van der Waals surface area contributed by atoms with E-state index in [1.54, 1.807) is 34.0 Å². The van der Waals surface area contributed by atoms with Crippen molar-refractivity contribution in [3.8, 4) is 11.3 Å². The zero-order chi connectivity index (χ0) is 23.1. The van der Waals surface area contributed by atoms with Crippen LogP contribution in [0.2, 0.25) is 5.02 Å². The van der Waals surface area contributed by atoms with Gasteiger partial charge >= 0.3 is 6.03 Å². The fraction of sp³-hybridized carbons (Fsp3) is 0.208. The first-order chi connectivity index (χ1) is 15.9. The number of rotatable bonds is 6. The first kappa shape index (κ1) is 21.2. The van der Waals surface area contributed by atoms with Crippen molar-refractivity contribution >= 4 is 29.4 Å². The number of aliphatic hydroxyl groups excluding tert-OH is 1. The number of carbonyl (C=O) groups excluding carboxylic acids is 1. The summed E-state index contributed by atoms with van der Waals surface area (Å²) in [4.78, 5) is 23.9. The number of benzene rings is 1. The summed E-state index contributed by atoms with van der Waals surface area (Å²) in [6.07, 6.45) is 5.51. The molecular formula is C24H23ClN6O2. The van der Waals surface area contributed by atoms with Crippen LogP contribution in [-0.4, -0.2) is 41.7 Å². The molecule has 0 aliphatic carbocycles. The van der Waals surface area contributed by atoms with Crippen LogP contribution in [0.15, 0.2) is 61.1 Å². The van der Waals surface area contributed by atoms with Gasteiger partial charge in [0.05, 0.1) is 24.9 Å². The molecule has 1 aliphatic heterocycles. The summed E-state index contributed by atoms with van der Waals surface area (Å²) in [6.45, 7) is 2.14. The molecule has 1 atom stereocenters. The van der Waals surface area contributed by atoms with Crippen molar-refractivity contribution in [1.29, 1.82) is 0 Å². The van der Waals surface area contributed by atoms with Crippen LogP contribution in [0.25, 0.3) is 11.3 Å². The smallest absolute Gasteiger partial charge is 0.329 e. The Morgan fingerprint density at radius 3 is 2.79 bits per heavy atom. The molecule has 168 valence electrons. The maximum Gasteiger partial charge on any atom is 0.329 e.